The van der Waals surface area contributed by atoms with Crippen LogP contribution in [-0.4, -0.2) is 41.2 Å². The molecule has 0 bridgehead atoms. The summed E-state index contributed by atoms with van der Waals surface area (Å²) in [5.74, 6) is -0.141. The van der Waals surface area contributed by atoms with E-state index in [1.807, 2.05) is 37.4 Å². The minimum Gasteiger partial charge on any atom is -0.352 e. The van der Waals surface area contributed by atoms with Gasteiger partial charge in [0.15, 0.2) is 0 Å². The molecule has 7 heteroatoms. The topological polar surface area (TPSA) is 88.1 Å². The summed E-state index contributed by atoms with van der Waals surface area (Å²) in [7, 11) is 0. The van der Waals surface area contributed by atoms with Crippen molar-refractivity contribution in [2.75, 3.05) is 19.6 Å². The fourth-order valence-corrected chi connectivity index (χ4v) is 3.35. The number of nitrogens with zero attached hydrogens (tertiary/aromatic N) is 2. The molecule has 0 unspecified atom stereocenters. The third-order valence-corrected chi connectivity index (χ3v) is 4.78. The molecule has 1 aliphatic heterocycles. The Kier molecular flexibility index (Phi) is 5.68. The second-order valence-electron chi connectivity index (χ2n) is 6.47. The Balaban J connectivity index is 1.71. The lowest BCUT2D eigenvalue weighted by atomic mass is 9.87. The van der Waals surface area contributed by atoms with E-state index in [1.165, 1.54) is 0 Å². The van der Waals surface area contributed by atoms with Gasteiger partial charge in [-0.1, -0.05) is 12.1 Å². The number of benzene rings is 1. The smallest absolute Gasteiger partial charge is 0.251 e. The van der Waals surface area contributed by atoms with Gasteiger partial charge in [-0.05, 0) is 56.6 Å². The van der Waals surface area contributed by atoms with Crippen molar-refractivity contribution in [3.05, 3.63) is 53.9 Å². The van der Waals surface area contributed by atoms with Crippen LogP contribution in [0.4, 0.5) is 0 Å². The Morgan fingerprint density at radius 3 is 2.73 bits per heavy atom. The van der Waals surface area contributed by atoms with Crippen LogP contribution < -0.4 is 16.0 Å². The van der Waals surface area contributed by atoms with E-state index >= 15 is 0 Å². The van der Waals surface area contributed by atoms with E-state index in [9.17, 15) is 9.59 Å². The molecule has 1 saturated heterocycles. The van der Waals surface area contributed by atoms with Crippen LogP contribution >= 0.6 is 0 Å². The largest absolute Gasteiger partial charge is 0.352 e. The third kappa shape index (κ3) is 3.77. The lowest BCUT2D eigenvalue weighted by Crippen LogP contribution is -2.54. The molecule has 26 heavy (non-hydrogen) atoms. The fraction of sp³-hybridized carbons (Fsp3) is 0.421. The Morgan fingerprint density at radius 1 is 1.23 bits per heavy atom. The summed E-state index contributed by atoms with van der Waals surface area (Å²) in [6.45, 7) is 4.40. The van der Waals surface area contributed by atoms with Gasteiger partial charge >= 0.3 is 0 Å². The molecule has 0 atom stereocenters. The molecule has 0 saturated carbocycles. The van der Waals surface area contributed by atoms with Gasteiger partial charge in [-0.2, -0.15) is 5.10 Å². The molecule has 1 aliphatic rings. The molecule has 1 fully saturated rings. The van der Waals surface area contributed by atoms with Gasteiger partial charge in [0.1, 0.15) is 5.54 Å². The maximum Gasteiger partial charge on any atom is 0.251 e. The highest BCUT2D eigenvalue weighted by Gasteiger charge is 2.41. The number of piperidine rings is 1. The number of carbonyl (C=O) groups excluding carboxylic acids is 2. The first-order chi connectivity index (χ1) is 12.7. The zero-order valence-electron chi connectivity index (χ0n) is 15.0. The van der Waals surface area contributed by atoms with Crippen LogP contribution in [0.1, 0.15) is 35.7 Å². The average molecular weight is 355 g/mol. The maximum absolute atomic E-state index is 13.0. The Morgan fingerprint density at radius 2 is 2.04 bits per heavy atom. The standard InChI is InChI=1S/C19H25N5O2/c1-2-21-17(25)16-6-3-5-15(13-16)14-22-18(26)19(7-10-20-11-8-19)24-12-4-9-23-24/h3-6,9,12-13,20H,2,7-8,10-11,14H2,1H3,(H,21,25)(H,22,26). The van der Waals surface area contributed by atoms with Gasteiger partial charge in [0.2, 0.25) is 5.91 Å². The summed E-state index contributed by atoms with van der Waals surface area (Å²) < 4.78 is 1.77. The van der Waals surface area contributed by atoms with Gasteiger partial charge in [-0.25, -0.2) is 0 Å². The molecule has 0 radical (unpaired) electrons. The van der Waals surface area contributed by atoms with E-state index < -0.39 is 5.54 Å². The molecule has 0 spiro atoms. The summed E-state index contributed by atoms with van der Waals surface area (Å²) in [6.07, 6.45) is 4.94. The van der Waals surface area contributed by atoms with Crippen molar-refractivity contribution < 1.29 is 9.59 Å². The lowest BCUT2D eigenvalue weighted by Gasteiger charge is -2.36. The van der Waals surface area contributed by atoms with Crippen molar-refractivity contribution in [3.8, 4) is 0 Å². The van der Waals surface area contributed by atoms with Crippen LogP contribution in [0.25, 0.3) is 0 Å². The van der Waals surface area contributed by atoms with Crippen molar-refractivity contribution >= 4 is 11.8 Å². The van der Waals surface area contributed by atoms with E-state index in [1.54, 1.807) is 16.9 Å². The monoisotopic (exact) mass is 355 g/mol. The number of hydrogen-bond donors (Lipinski definition) is 3. The lowest BCUT2D eigenvalue weighted by molar-refractivity contribution is -0.132. The minimum absolute atomic E-state index is 0.0360. The number of nitrogens with one attached hydrogen (secondary N) is 3. The molecule has 2 aromatic rings. The second kappa shape index (κ2) is 8.14. The summed E-state index contributed by atoms with van der Waals surface area (Å²) in [6, 6.07) is 9.17. The fourth-order valence-electron chi connectivity index (χ4n) is 3.35. The van der Waals surface area contributed by atoms with Crippen LogP contribution in [0.15, 0.2) is 42.7 Å². The molecule has 138 valence electrons. The number of aromatic nitrogens is 2. The zero-order valence-corrected chi connectivity index (χ0v) is 15.0. The van der Waals surface area contributed by atoms with Gasteiger partial charge in [-0.3, -0.25) is 14.3 Å². The first-order valence-corrected chi connectivity index (χ1v) is 9.02. The first kappa shape index (κ1) is 18.1. The van der Waals surface area contributed by atoms with E-state index in [0.717, 1.165) is 18.7 Å². The zero-order chi connectivity index (χ0) is 18.4. The first-order valence-electron chi connectivity index (χ1n) is 9.02. The molecule has 1 aromatic heterocycles. The predicted molar refractivity (Wildman–Crippen MR) is 98.6 cm³/mol. The quantitative estimate of drug-likeness (QED) is 0.722. The minimum atomic E-state index is -0.661. The average Bonchev–Trinajstić information content (AvgIpc) is 3.22. The molecule has 2 amide bonds. The Bertz CT molecular complexity index is 751. The number of carbonyl (C=O) groups is 2. The summed E-state index contributed by atoms with van der Waals surface area (Å²) in [5, 5.41) is 13.4. The van der Waals surface area contributed by atoms with Crippen molar-refractivity contribution in [1.29, 1.82) is 0 Å². The molecule has 0 aliphatic carbocycles. The molecule has 2 heterocycles. The number of amides is 2. The van der Waals surface area contributed by atoms with E-state index in [4.69, 9.17) is 0 Å². The predicted octanol–water partition coefficient (Wildman–Crippen LogP) is 1.03. The molecule has 3 rings (SSSR count). The van der Waals surface area contributed by atoms with E-state index in [-0.39, 0.29) is 11.8 Å². The molecular weight excluding hydrogens is 330 g/mol. The van der Waals surface area contributed by atoms with Gasteiger partial charge in [0, 0.05) is 31.0 Å². The molecule has 7 nitrogen and oxygen atoms in total. The van der Waals surface area contributed by atoms with Crippen LogP contribution in [0.5, 0.6) is 0 Å². The van der Waals surface area contributed by atoms with Gasteiger partial charge in [-0.15, -0.1) is 0 Å². The Hall–Kier alpha value is -2.67. The van der Waals surface area contributed by atoms with Crippen molar-refractivity contribution in [2.45, 2.75) is 31.8 Å². The Labute approximate surface area is 153 Å². The normalized spacial score (nSPS) is 16.0. The second-order valence-corrected chi connectivity index (χ2v) is 6.47. The van der Waals surface area contributed by atoms with Crippen LogP contribution in [0, 0.1) is 0 Å². The molecule has 3 N–H and O–H groups in total. The van der Waals surface area contributed by atoms with Gasteiger partial charge in [0.05, 0.1) is 0 Å². The van der Waals surface area contributed by atoms with Gasteiger partial charge < -0.3 is 16.0 Å². The highest BCUT2D eigenvalue weighted by atomic mass is 16.2. The summed E-state index contributed by atoms with van der Waals surface area (Å²) in [4.78, 5) is 25.0. The van der Waals surface area contributed by atoms with Crippen LogP contribution in [0.2, 0.25) is 0 Å². The number of rotatable bonds is 6. The van der Waals surface area contributed by atoms with Crippen molar-refractivity contribution in [1.82, 2.24) is 25.7 Å². The SMILES string of the molecule is CCNC(=O)c1cccc(CNC(=O)C2(n3cccn3)CCNCC2)c1. The van der Waals surface area contributed by atoms with Crippen molar-refractivity contribution in [3.63, 3.8) is 0 Å². The summed E-state index contributed by atoms with van der Waals surface area (Å²) >= 11 is 0. The maximum atomic E-state index is 13.0. The van der Waals surface area contributed by atoms with E-state index in [2.05, 4.69) is 21.0 Å². The highest BCUT2D eigenvalue weighted by Crippen LogP contribution is 2.27. The van der Waals surface area contributed by atoms with Crippen LogP contribution in [-0.2, 0) is 16.9 Å². The third-order valence-electron chi connectivity index (χ3n) is 4.78. The number of hydrogen-bond acceptors (Lipinski definition) is 4. The molecule has 1 aromatic carbocycles. The van der Waals surface area contributed by atoms with E-state index in [0.29, 0.717) is 31.5 Å². The highest BCUT2D eigenvalue weighted by molar-refractivity contribution is 5.94. The summed E-state index contributed by atoms with van der Waals surface area (Å²) in [5.41, 5.74) is 0.834. The molecular formula is C19H25N5O2. The van der Waals surface area contributed by atoms with Crippen LogP contribution in [0.3, 0.4) is 0 Å². The van der Waals surface area contributed by atoms with Crippen molar-refractivity contribution in [2.24, 2.45) is 0 Å². The van der Waals surface area contributed by atoms with Gasteiger partial charge in [0.25, 0.3) is 5.91 Å².